The van der Waals surface area contributed by atoms with Crippen molar-refractivity contribution < 1.29 is 18.0 Å². The lowest BCUT2D eigenvalue weighted by Gasteiger charge is -2.15. The van der Waals surface area contributed by atoms with E-state index in [4.69, 9.17) is 0 Å². The van der Waals surface area contributed by atoms with Gasteiger partial charge in [-0.3, -0.25) is 14.2 Å². The maximum absolute atomic E-state index is 13.0. The Morgan fingerprint density at radius 1 is 1.35 bits per heavy atom. The van der Waals surface area contributed by atoms with Crippen molar-refractivity contribution in [2.45, 2.75) is 19.6 Å². The highest BCUT2D eigenvalue weighted by Gasteiger charge is 2.40. The lowest BCUT2D eigenvalue weighted by molar-refractivity contribution is -0.144. The Morgan fingerprint density at radius 3 is 2.39 bits per heavy atom. The molecule has 1 amide bonds. The molecule has 0 aliphatic heterocycles. The number of carbonyl (C=O) groups excluding carboxylic acids is 1. The number of amides is 1. The minimum Gasteiger partial charge on any atom is -0.336 e. The smallest absolute Gasteiger partial charge is 0.336 e. The molecule has 10 heteroatoms. The fourth-order valence-electron chi connectivity index (χ4n) is 2.25. The van der Waals surface area contributed by atoms with Gasteiger partial charge in [0.15, 0.2) is 11.4 Å². The summed E-state index contributed by atoms with van der Waals surface area (Å²) < 4.78 is 40.8. The van der Waals surface area contributed by atoms with E-state index in [0.29, 0.717) is 4.68 Å². The van der Waals surface area contributed by atoms with Crippen LogP contribution in [-0.4, -0.2) is 37.4 Å². The summed E-state index contributed by atoms with van der Waals surface area (Å²) in [5.41, 5.74) is 0.297. The van der Waals surface area contributed by atoms with Crippen LogP contribution in [0.3, 0.4) is 0 Å². The Balaban J connectivity index is 2.29. The third-order valence-electron chi connectivity index (χ3n) is 3.33. The van der Waals surface area contributed by atoms with Crippen molar-refractivity contribution in [2.24, 2.45) is 14.1 Å². The molecule has 23 heavy (non-hydrogen) atoms. The van der Waals surface area contributed by atoms with Crippen LogP contribution in [0.5, 0.6) is 0 Å². The lowest BCUT2D eigenvalue weighted by atomic mass is 10.2. The third-order valence-corrected chi connectivity index (χ3v) is 4.08. The summed E-state index contributed by atoms with van der Waals surface area (Å²) >= 11 is 2.84. The largest absolute Gasteiger partial charge is 0.434 e. The molecule has 0 radical (unpaired) electrons. The van der Waals surface area contributed by atoms with Crippen molar-refractivity contribution >= 4 is 21.8 Å². The van der Waals surface area contributed by atoms with E-state index in [2.05, 4.69) is 26.1 Å². The molecule has 0 saturated carbocycles. The molecule has 0 bridgehead atoms. The van der Waals surface area contributed by atoms with Gasteiger partial charge in [0.05, 0.1) is 10.2 Å². The Hall–Kier alpha value is -1.84. The zero-order chi connectivity index (χ0) is 17.5. The molecule has 2 heterocycles. The monoisotopic (exact) mass is 393 g/mol. The van der Waals surface area contributed by atoms with Crippen LogP contribution in [0.4, 0.5) is 13.2 Å². The first-order valence-electron chi connectivity index (χ1n) is 6.56. The molecule has 0 fully saturated rings. The molecule has 2 aromatic rings. The van der Waals surface area contributed by atoms with Crippen molar-refractivity contribution in [3.05, 3.63) is 33.3 Å². The molecule has 0 aliphatic rings. The van der Waals surface area contributed by atoms with Gasteiger partial charge in [-0.1, -0.05) is 0 Å². The van der Waals surface area contributed by atoms with Gasteiger partial charge in [-0.25, -0.2) is 0 Å². The standard InChI is InChI=1S/C13H15BrF3N5O/c1-7-8(6-21(3)18-7)5-20(2)12(23)10-9(14)11(13(15,16)17)22(4)19-10/h6H,5H2,1-4H3. The van der Waals surface area contributed by atoms with Crippen LogP contribution in [-0.2, 0) is 26.8 Å². The molecular formula is C13H15BrF3N5O. The summed E-state index contributed by atoms with van der Waals surface area (Å²) in [6.07, 6.45) is -2.84. The molecule has 0 spiro atoms. The van der Waals surface area contributed by atoms with Gasteiger partial charge in [0.1, 0.15) is 0 Å². The van der Waals surface area contributed by atoms with Crippen molar-refractivity contribution in [1.29, 1.82) is 0 Å². The van der Waals surface area contributed by atoms with Gasteiger partial charge in [0.25, 0.3) is 5.91 Å². The highest BCUT2D eigenvalue weighted by molar-refractivity contribution is 9.10. The van der Waals surface area contributed by atoms with Crippen molar-refractivity contribution in [1.82, 2.24) is 24.5 Å². The number of nitrogens with zero attached hydrogens (tertiary/aromatic N) is 5. The highest BCUT2D eigenvalue weighted by Crippen LogP contribution is 2.36. The Kier molecular flexibility index (Phi) is 4.56. The van der Waals surface area contributed by atoms with Gasteiger partial charge >= 0.3 is 6.18 Å². The number of halogens is 4. The predicted molar refractivity (Wildman–Crippen MR) is 79.7 cm³/mol. The van der Waals surface area contributed by atoms with E-state index in [1.807, 2.05) is 0 Å². The van der Waals surface area contributed by atoms with Crippen LogP contribution in [0.1, 0.15) is 27.4 Å². The molecule has 0 aliphatic carbocycles. The molecule has 2 rings (SSSR count). The van der Waals surface area contributed by atoms with E-state index in [0.717, 1.165) is 18.3 Å². The minimum atomic E-state index is -4.60. The van der Waals surface area contributed by atoms with Crippen molar-refractivity contribution in [3.8, 4) is 0 Å². The van der Waals surface area contributed by atoms with Gasteiger partial charge in [-0.05, 0) is 22.9 Å². The van der Waals surface area contributed by atoms with Crippen LogP contribution >= 0.6 is 15.9 Å². The minimum absolute atomic E-state index is 0.225. The lowest BCUT2D eigenvalue weighted by Crippen LogP contribution is -2.27. The second-order valence-corrected chi connectivity index (χ2v) is 6.00. The molecule has 0 unspecified atom stereocenters. The zero-order valence-corrected chi connectivity index (χ0v) is 14.5. The number of hydrogen-bond acceptors (Lipinski definition) is 3. The van der Waals surface area contributed by atoms with Crippen LogP contribution in [0.15, 0.2) is 10.7 Å². The van der Waals surface area contributed by atoms with E-state index in [9.17, 15) is 18.0 Å². The van der Waals surface area contributed by atoms with Gasteiger partial charge < -0.3 is 4.90 Å². The Bertz CT molecular complexity index is 750. The summed E-state index contributed by atoms with van der Waals surface area (Å²) in [6, 6.07) is 0. The molecule has 0 saturated heterocycles. The van der Waals surface area contributed by atoms with Crippen LogP contribution in [0, 0.1) is 6.92 Å². The fraction of sp³-hybridized carbons (Fsp3) is 0.462. The summed E-state index contributed by atoms with van der Waals surface area (Å²) in [5.74, 6) is -0.605. The van der Waals surface area contributed by atoms with Crippen molar-refractivity contribution in [2.75, 3.05) is 7.05 Å². The molecule has 0 N–H and O–H groups in total. The second kappa shape index (κ2) is 5.99. The van der Waals surface area contributed by atoms with Gasteiger partial charge in [-0.2, -0.15) is 23.4 Å². The molecule has 2 aromatic heterocycles. The molecule has 0 atom stereocenters. The van der Waals surface area contributed by atoms with E-state index >= 15 is 0 Å². The van der Waals surface area contributed by atoms with Gasteiger partial charge in [0, 0.05) is 39.4 Å². The van der Waals surface area contributed by atoms with E-state index in [1.54, 1.807) is 24.9 Å². The van der Waals surface area contributed by atoms with E-state index < -0.39 is 17.8 Å². The first kappa shape index (κ1) is 17.5. The normalized spacial score (nSPS) is 11.8. The molecule has 126 valence electrons. The fourth-order valence-corrected chi connectivity index (χ4v) is 2.98. The number of aryl methyl sites for hydroxylation is 3. The van der Waals surface area contributed by atoms with E-state index in [-0.39, 0.29) is 16.7 Å². The summed E-state index contributed by atoms with van der Waals surface area (Å²) in [5, 5.41) is 7.87. The Labute approximate surface area is 139 Å². The molecule has 6 nitrogen and oxygen atoms in total. The number of alkyl halides is 3. The average molecular weight is 394 g/mol. The molecule has 0 aromatic carbocycles. The first-order chi connectivity index (χ1) is 10.5. The first-order valence-corrected chi connectivity index (χ1v) is 7.36. The Morgan fingerprint density at radius 2 is 1.96 bits per heavy atom. The number of rotatable bonds is 3. The van der Waals surface area contributed by atoms with E-state index in [1.165, 1.54) is 11.9 Å². The van der Waals surface area contributed by atoms with Crippen LogP contribution in [0.25, 0.3) is 0 Å². The summed E-state index contributed by atoms with van der Waals surface area (Å²) in [7, 11) is 4.40. The molecular weight excluding hydrogens is 379 g/mol. The predicted octanol–water partition coefficient (Wildman–Crippen LogP) is 2.52. The van der Waals surface area contributed by atoms with Crippen molar-refractivity contribution in [3.63, 3.8) is 0 Å². The quantitative estimate of drug-likeness (QED) is 0.804. The SMILES string of the molecule is Cc1nn(C)cc1CN(C)C(=O)c1nn(C)c(C(F)(F)F)c1Br. The number of carbonyl (C=O) groups is 1. The topological polar surface area (TPSA) is 56.0 Å². The third kappa shape index (κ3) is 3.41. The van der Waals surface area contributed by atoms with Gasteiger partial charge in [0.2, 0.25) is 0 Å². The summed E-state index contributed by atoms with van der Waals surface area (Å²) in [6.45, 7) is 2.02. The zero-order valence-electron chi connectivity index (χ0n) is 12.9. The second-order valence-electron chi connectivity index (χ2n) is 5.21. The summed E-state index contributed by atoms with van der Waals surface area (Å²) in [4.78, 5) is 13.7. The average Bonchev–Trinajstić information content (AvgIpc) is 2.87. The van der Waals surface area contributed by atoms with Crippen LogP contribution < -0.4 is 0 Å². The maximum Gasteiger partial charge on any atom is 0.434 e. The number of aromatic nitrogens is 4. The maximum atomic E-state index is 13.0. The number of hydrogen-bond donors (Lipinski definition) is 0. The highest BCUT2D eigenvalue weighted by atomic mass is 79.9. The van der Waals surface area contributed by atoms with Crippen LogP contribution in [0.2, 0.25) is 0 Å². The van der Waals surface area contributed by atoms with Gasteiger partial charge in [-0.15, -0.1) is 0 Å².